The Morgan fingerprint density at radius 1 is 1.28 bits per heavy atom. The lowest BCUT2D eigenvalue weighted by Crippen LogP contribution is -2.06. The summed E-state index contributed by atoms with van der Waals surface area (Å²) >= 11 is 0. The first kappa shape index (κ1) is 13.1. The molecule has 0 saturated heterocycles. The first-order chi connectivity index (χ1) is 8.65. The smallest absolute Gasteiger partial charge is 0.0123 e. The van der Waals surface area contributed by atoms with Crippen molar-refractivity contribution in [2.75, 3.05) is 0 Å². The van der Waals surface area contributed by atoms with Gasteiger partial charge in [-0.15, -0.1) is 0 Å². The molecule has 0 radical (unpaired) electrons. The summed E-state index contributed by atoms with van der Waals surface area (Å²) in [5, 5.41) is 0. The molecule has 2 rings (SSSR count). The predicted molar refractivity (Wildman–Crippen MR) is 81.8 cm³/mol. The van der Waals surface area contributed by atoms with Crippen LogP contribution in [0.2, 0.25) is 0 Å². The van der Waals surface area contributed by atoms with Crippen molar-refractivity contribution in [1.82, 2.24) is 0 Å². The zero-order valence-corrected chi connectivity index (χ0v) is 11.9. The van der Waals surface area contributed by atoms with Gasteiger partial charge in [0, 0.05) is 0 Å². The fourth-order valence-electron chi connectivity index (χ4n) is 2.84. The second-order valence-electron chi connectivity index (χ2n) is 5.53. The van der Waals surface area contributed by atoms with Gasteiger partial charge in [-0.25, -0.2) is 0 Å². The van der Waals surface area contributed by atoms with Gasteiger partial charge in [0.2, 0.25) is 0 Å². The van der Waals surface area contributed by atoms with Gasteiger partial charge in [0.25, 0.3) is 0 Å². The summed E-state index contributed by atoms with van der Waals surface area (Å²) < 4.78 is 0. The lowest BCUT2D eigenvalue weighted by Gasteiger charge is -2.24. The lowest BCUT2D eigenvalue weighted by molar-refractivity contribution is 0.811. The molecule has 0 bridgehead atoms. The van der Waals surface area contributed by atoms with Crippen molar-refractivity contribution in [3.63, 3.8) is 0 Å². The molecule has 0 atom stereocenters. The van der Waals surface area contributed by atoms with Crippen LogP contribution in [0.3, 0.4) is 0 Å². The number of fused-ring (bicyclic) bond motifs is 1. The minimum absolute atomic E-state index is 0.571. The maximum Gasteiger partial charge on any atom is -0.0123 e. The molecule has 1 aliphatic carbocycles. The highest BCUT2D eigenvalue weighted by Crippen LogP contribution is 2.36. The van der Waals surface area contributed by atoms with Crippen molar-refractivity contribution in [3.8, 4) is 0 Å². The van der Waals surface area contributed by atoms with E-state index in [4.69, 9.17) is 0 Å². The Morgan fingerprint density at radius 2 is 2.06 bits per heavy atom. The Bertz CT molecular complexity index is 475. The second-order valence-corrected chi connectivity index (χ2v) is 5.53. The van der Waals surface area contributed by atoms with E-state index in [-0.39, 0.29) is 0 Å². The minimum atomic E-state index is 0.571. The molecule has 0 aliphatic heterocycles. The van der Waals surface area contributed by atoms with Crippen molar-refractivity contribution in [2.24, 2.45) is 0 Å². The summed E-state index contributed by atoms with van der Waals surface area (Å²) in [6, 6.07) is 4.63. The predicted octanol–water partition coefficient (Wildman–Crippen LogP) is 5.58. The Labute approximate surface area is 111 Å². The molecule has 0 N–H and O–H groups in total. The van der Waals surface area contributed by atoms with Crippen LogP contribution in [0.5, 0.6) is 0 Å². The van der Waals surface area contributed by atoms with Crippen molar-refractivity contribution >= 4 is 11.6 Å². The van der Waals surface area contributed by atoms with Gasteiger partial charge in [-0.05, 0) is 59.4 Å². The maximum absolute atomic E-state index is 4.29. The molecule has 96 valence electrons. The van der Waals surface area contributed by atoms with Crippen molar-refractivity contribution in [1.29, 1.82) is 0 Å². The van der Waals surface area contributed by atoms with E-state index in [1.807, 2.05) is 0 Å². The molecule has 1 aliphatic rings. The summed E-state index contributed by atoms with van der Waals surface area (Å²) in [4.78, 5) is 0. The van der Waals surface area contributed by atoms with Gasteiger partial charge in [0.05, 0.1) is 0 Å². The third kappa shape index (κ3) is 2.43. The number of hydrogen-bond donors (Lipinski definition) is 0. The Kier molecular flexibility index (Phi) is 4.06. The average Bonchev–Trinajstić information content (AvgIpc) is 2.35. The highest BCUT2D eigenvalue weighted by molar-refractivity contribution is 5.78. The van der Waals surface area contributed by atoms with E-state index in [2.05, 4.69) is 51.6 Å². The molecule has 0 fully saturated rings. The van der Waals surface area contributed by atoms with Gasteiger partial charge < -0.3 is 0 Å². The van der Waals surface area contributed by atoms with E-state index in [1.165, 1.54) is 40.7 Å². The van der Waals surface area contributed by atoms with E-state index in [0.29, 0.717) is 5.92 Å². The quantitative estimate of drug-likeness (QED) is 0.646. The summed E-state index contributed by atoms with van der Waals surface area (Å²) in [6.07, 6.45) is 9.28. The molecule has 0 heteroatoms. The standard InChI is InChI=1S/C18H24/c1-5-6-10-17-16(13(2)3)12-11-15-9-7-8-14(4)18(15)17/h6,10-13H,4-5,7-9H2,1-3H3. The Hall–Kier alpha value is -1.30. The third-order valence-electron chi connectivity index (χ3n) is 3.79. The molecule has 0 heterocycles. The number of aryl methyl sites for hydroxylation is 1. The Morgan fingerprint density at radius 3 is 2.72 bits per heavy atom. The second kappa shape index (κ2) is 5.56. The Balaban J connectivity index is 2.62. The molecule has 0 amide bonds. The van der Waals surface area contributed by atoms with Gasteiger partial charge >= 0.3 is 0 Å². The molecule has 18 heavy (non-hydrogen) atoms. The summed E-state index contributed by atoms with van der Waals surface area (Å²) in [7, 11) is 0. The summed E-state index contributed by atoms with van der Waals surface area (Å²) in [5.74, 6) is 0.571. The third-order valence-corrected chi connectivity index (χ3v) is 3.79. The summed E-state index contributed by atoms with van der Waals surface area (Å²) in [6.45, 7) is 11.0. The highest BCUT2D eigenvalue weighted by atomic mass is 14.2. The summed E-state index contributed by atoms with van der Waals surface area (Å²) in [5.41, 5.74) is 7.15. The van der Waals surface area contributed by atoms with E-state index in [9.17, 15) is 0 Å². The van der Waals surface area contributed by atoms with E-state index in [0.717, 1.165) is 12.8 Å². The van der Waals surface area contributed by atoms with Crippen LogP contribution < -0.4 is 0 Å². The van der Waals surface area contributed by atoms with Crippen LogP contribution in [0.15, 0.2) is 24.8 Å². The van der Waals surface area contributed by atoms with Gasteiger partial charge in [-0.2, -0.15) is 0 Å². The average molecular weight is 240 g/mol. The molecule has 0 spiro atoms. The van der Waals surface area contributed by atoms with Crippen molar-refractivity contribution in [2.45, 2.75) is 52.4 Å². The molecule has 0 nitrogen and oxygen atoms in total. The van der Waals surface area contributed by atoms with Gasteiger partial charge in [0.1, 0.15) is 0 Å². The van der Waals surface area contributed by atoms with Crippen LogP contribution in [-0.2, 0) is 6.42 Å². The highest BCUT2D eigenvalue weighted by Gasteiger charge is 2.18. The van der Waals surface area contributed by atoms with E-state index < -0.39 is 0 Å². The maximum atomic E-state index is 4.29. The van der Waals surface area contributed by atoms with Crippen molar-refractivity contribution in [3.05, 3.63) is 47.0 Å². The van der Waals surface area contributed by atoms with Crippen LogP contribution in [0.4, 0.5) is 0 Å². The van der Waals surface area contributed by atoms with Crippen LogP contribution in [0.25, 0.3) is 11.6 Å². The molecule has 1 aromatic carbocycles. The zero-order chi connectivity index (χ0) is 13.1. The molecule has 0 unspecified atom stereocenters. The number of rotatable bonds is 3. The van der Waals surface area contributed by atoms with Crippen LogP contribution in [-0.4, -0.2) is 0 Å². The monoisotopic (exact) mass is 240 g/mol. The number of hydrogen-bond acceptors (Lipinski definition) is 0. The molecule has 0 saturated carbocycles. The lowest BCUT2D eigenvalue weighted by atomic mass is 9.81. The SMILES string of the molecule is C=C1CCCc2ccc(C(C)C)c(C=CCC)c21. The van der Waals surface area contributed by atoms with Gasteiger partial charge in [-0.1, -0.05) is 51.6 Å². The first-order valence-corrected chi connectivity index (χ1v) is 7.15. The van der Waals surface area contributed by atoms with Gasteiger partial charge in [0.15, 0.2) is 0 Å². The van der Waals surface area contributed by atoms with E-state index >= 15 is 0 Å². The normalized spacial score (nSPS) is 15.4. The van der Waals surface area contributed by atoms with Gasteiger partial charge in [-0.3, -0.25) is 0 Å². The van der Waals surface area contributed by atoms with Crippen LogP contribution in [0, 0.1) is 0 Å². The molecular weight excluding hydrogens is 216 g/mol. The fourth-order valence-corrected chi connectivity index (χ4v) is 2.84. The number of allylic oxidation sites excluding steroid dienone is 2. The molecule has 1 aromatic rings. The molecule has 0 aromatic heterocycles. The van der Waals surface area contributed by atoms with E-state index in [1.54, 1.807) is 0 Å². The number of benzene rings is 1. The fraction of sp³-hybridized carbons (Fsp3) is 0.444. The zero-order valence-electron chi connectivity index (χ0n) is 11.9. The first-order valence-electron chi connectivity index (χ1n) is 7.15. The minimum Gasteiger partial charge on any atom is -0.0952 e. The molecular formula is C18H24. The van der Waals surface area contributed by atoms with Crippen molar-refractivity contribution < 1.29 is 0 Å². The largest absolute Gasteiger partial charge is 0.0952 e. The van der Waals surface area contributed by atoms with Crippen LogP contribution in [0.1, 0.15) is 68.2 Å². The van der Waals surface area contributed by atoms with Crippen LogP contribution >= 0.6 is 0 Å². The topological polar surface area (TPSA) is 0 Å².